The molecule has 4 bridgehead atoms. The van der Waals surface area contributed by atoms with E-state index < -0.39 is 0 Å². The third-order valence-corrected chi connectivity index (χ3v) is 7.75. The minimum absolute atomic E-state index is 0.00646. The molecule has 0 aromatic carbocycles. The van der Waals surface area contributed by atoms with E-state index in [-0.39, 0.29) is 6.10 Å². The molecule has 0 aromatic heterocycles. The quantitative estimate of drug-likeness (QED) is 0.664. The molecular formula is C15H24O. The van der Waals surface area contributed by atoms with Crippen molar-refractivity contribution in [3.05, 3.63) is 0 Å². The van der Waals surface area contributed by atoms with Crippen molar-refractivity contribution in [3.63, 3.8) is 0 Å². The molecule has 16 heavy (non-hydrogen) atoms. The van der Waals surface area contributed by atoms with Crippen molar-refractivity contribution in [1.82, 2.24) is 0 Å². The fourth-order valence-corrected chi connectivity index (χ4v) is 7.23. The highest BCUT2D eigenvalue weighted by Gasteiger charge is 2.95. The first kappa shape index (κ1) is 9.94. The predicted molar refractivity (Wildman–Crippen MR) is 63.9 cm³/mol. The van der Waals surface area contributed by atoms with Crippen LogP contribution in [0.25, 0.3) is 0 Å². The molecule has 0 aromatic rings. The van der Waals surface area contributed by atoms with Gasteiger partial charge in [-0.1, -0.05) is 27.7 Å². The molecule has 0 heterocycles. The molecule has 5 aliphatic rings. The molecule has 0 radical (unpaired) electrons. The van der Waals surface area contributed by atoms with Crippen molar-refractivity contribution in [2.24, 2.45) is 33.5 Å². The molecule has 1 heteroatoms. The van der Waals surface area contributed by atoms with Gasteiger partial charge in [-0.25, -0.2) is 0 Å². The summed E-state index contributed by atoms with van der Waals surface area (Å²) in [5.74, 6) is 1.75. The maximum atomic E-state index is 10.6. The molecule has 0 amide bonds. The van der Waals surface area contributed by atoms with Gasteiger partial charge in [0.2, 0.25) is 0 Å². The molecule has 2 spiro atoms. The van der Waals surface area contributed by atoms with Crippen LogP contribution in [-0.2, 0) is 0 Å². The zero-order chi connectivity index (χ0) is 11.6. The highest BCUT2D eigenvalue weighted by molar-refractivity contribution is 5.42. The highest BCUT2D eigenvalue weighted by Crippen LogP contribution is 2.99. The Hall–Kier alpha value is -0.0400. The molecular weight excluding hydrogens is 196 g/mol. The molecule has 1 N–H and O–H groups in total. The highest BCUT2D eigenvalue weighted by atomic mass is 16.3. The van der Waals surface area contributed by atoms with E-state index in [0.29, 0.717) is 21.7 Å². The van der Waals surface area contributed by atoms with Gasteiger partial charge in [0.05, 0.1) is 6.10 Å². The third-order valence-electron chi connectivity index (χ3n) is 7.75. The summed E-state index contributed by atoms with van der Waals surface area (Å²) >= 11 is 0. The van der Waals surface area contributed by atoms with Gasteiger partial charge in [0, 0.05) is 5.41 Å². The van der Waals surface area contributed by atoms with E-state index in [4.69, 9.17) is 0 Å². The first-order valence-electron chi connectivity index (χ1n) is 7.00. The molecule has 1 nitrogen and oxygen atoms in total. The second-order valence-electron chi connectivity index (χ2n) is 8.19. The summed E-state index contributed by atoms with van der Waals surface area (Å²) < 4.78 is 0. The van der Waals surface area contributed by atoms with Crippen LogP contribution in [0.1, 0.15) is 53.4 Å². The molecule has 0 saturated heterocycles. The van der Waals surface area contributed by atoms with Gasteiger partial charge in [0.25, 0.3) is 0 Å². The Balaban J connectivity index is 1.96. The molecule has 5 fully saturated rings. The van der Waals surface area contributed by atoms with E-state index in [1.54, 1.807) is 0 Å². The number of aliphatic hydroxyl groups excluding tert-OH is 1. The summed E-state index contributed by atoms with van der Waals surface area (Å²) in [6.07, 6.45) is 5.09. The first-order chi connectivity index (χ1) is 7.32. The zero-order valence-electron chi connectivity index (χ0n) is 11.0. The Labute approximate surface area is 98.6 Å². The lowest BCUT2D eigenvalue weighted by Crippen LogP contribution is -2.44. The third kappa shape index (κ3) is 0.573. The largest absolute Gasteiger partial charge is 0.392 e. The summed E-state index contributed by atoms with van der Waals surface area (Å²) in [6, 6.07) is 0. The van der Waals surface area contributed by atoms with Crippen LogP contribution in [0.15, 0.2) is 0 Å². The fraction of sp³-hybridized carbons (Fsp3) is 1.00. The number of hydrogen-bond acceptors (Lipinski definition) is 1. The number of aliphatic hydroxyl groups is 1. The molecule has 5 saturated carbocycles. The summed E-state index contributed by atoms with van der Waals surface area (Å²) in [5.41, 5.74) is 1.70. The van der Waals surface area contributed by atoms with Gasteiger partial charge in [-0.05, 0) is 53.8 Å². The fourth-order valence-electron chi connectivity index (χ4n) is 7.23. The minimum Gasteiger partial charge on any atom is -0.392 e. The normalized spacial score (nSPS) is 63.2. The van der Waals surface area contributed by atoms with E-state index in [2.05, 4.69) is 27.7 Å². The van der Waals surface area contributed by atoms with Crippen molar-refractivity contribution in [2.45, 2.75) is 59.5 Å². The summed E-state index contributed by atoms with van der Waals surface area (Å²) in [4.78, 5) is 0. The molecule has 5 rings (SSSR count). The Kier molecular flexibility index (Phi) is 1.33. The predicted octanol–water partition coefficient (Wildman–Crippen LogP) is 3.22. The van der Waals surface area contributed by atoms with Crippen LogP contribution < -0.4 is 0 Å². The second kappa shape index (κ2) is 2.13. The molecule has 5 aliphatic carbocycles. The number of hydrogen-bond donors (Lipinski definition) is 1. The van der Waals surface area contributed by atoms with E-state index in [1.807, 2.05) is 0 Å². The maximum Gasteiger partial charge on any atom is 0.0610 e. The van der Waals surface area contributed by atoms with Crippen molar-refractivity contribution in [1.29, 1.82) is 0 Å². The van der Waals surface area contributed by atoms with E-state index in [0.717, 1.165) is 18.3 Å². The monoisotopic (exact) mass is 220 g/mol. The Morgan fingerprint density at radius 2 is 1.81 bits per heavy atom. The second-order valence-corrected chi connectivity index (χ2v) is 8.19. The van der Waals surface area contributed by atoms with Crippen LogP contribution in [0.2, 0.25) is 0 Å². The Bertz CT molecular complexity index is 383. The van der Waals surface area contributed by atoms with Gasteiger partial charge in [-0.15, -0.1) is 0 Å². The smallest absolute Gasteiger partial charge is 0.0610 e. The van der Waals surface area contributed by atoms with Gasteiger partial charge >= 0.3 is 0 Å². The van der Waals surface area contributed by atoms with Crippen molar-refractivity contribution in [3.8, 4) is 0 Å². The minimum atomic E-state index is -0.00646. The van der Waals surface area contributed by atoms with Gasteiger partial charge in [-0.3, -0.25) is 0 Å². The summed E-state index contributed by atoms with van der Waals surface area (Å²) in [7, 11) is 0. The van der Waals surface area contributed by atoms with E-state index in [9.17, 15) is 5.11 Å². The van der Waals surface area contributed by atoms with E-state index >= 15 is 0 Å². The summed E-state index contributed by atoms with van der Waals surface area (Å²) in [5, 5.41) is 10.6. The van der Waals surface area contributed by atoms with E-state index in [1.165, 1.54) is 19.3 Å². The maximum absolute atomic E-state index is 10.6. The SMILES string of the molecule is CC1(C)[C@@H]2C[C@@H]3[C@@]14[C@H](O)CCC(C)(C)[C@]34C2. The van der Waals surface area contributed by atoms with Gasteiger partial charge in [0.15, 0.2) is 0 Å². The Morgan fingerprint density at radius 1 is 1.12 bits per heavy atom. The zero-order valence-corrected chi connectivity index (χ0v) is 11.0. The number of rotatable bonds is 0. The van der Waals surface area contributed by atoms with Crippen LogP contribution in [-0.4, -0.2) is 11.2 Å². The van der Waals surface area contributed by atoms with Gasteiger partial charge in [-0.2, -0.15) is 0 Å². The molecule has 0 aliphatic heterocycles. The van der Waals surface area contributed by atoms with Crippen molar-refractivity contribution < 1.29 is 5.11 Å². The lowest BCUT2D eigenvalue weighted by atomic mass is 9.60. The standard InChI is InChI=1S/C15H24O/c1-12(2)6-5-11(16)15-10-7-9(13(15,3)4)8-14(10,12)15/h9-11,16H,5-8H2,1-4H3/t9-,10+,11-,14+,15-/m1/s1. The molecule has 5 atom stereocenters. The van der Waals surface area contributed by atoms with Gasteiger partial charge < -0.3 is 5.11 Å². The van der Waals surface area contributed by atoms with Gasteiger partial charge in [0.1, 0.15) is 0 Å². The van der Waals surface area contributed by atoms with Crippen LogP contribution in [0.4, 0.5) is 0 Å². The van der Waals surface area contributed by atoms with Crippen LogP contribution in [0.3, 0.4) is 0 Å². The Morgan fingerprint density at radius 3 is 2.38 bits per heavy atom. The first-order valence-corrected chi connectivity index (χ1v) is 7.00. The van der Waals surface area contributed by atoms with Crippen LogP contribution in [0.5, 0.6) is 0 Å². The van der Waals surface area contributed by atoms with Crippen LogP contribution >= 0.6 is 0 Å². The summed E-state index contributed by atoms with van der Waals surface area (Å²) in [6.45, 7) is 9.82. The lowest BCUT2D eigenvalue weighted by molar-refractivity contribution is -0.0567. The van der Waals surface area contributed by atoms with Crippen molar-refractivity contribution >= 4 is 0 Å². The average Bonchev–Trinajstić information content (AvgIpc) is 2.47. The lowest BCUT2D eigenvalue weighted by Gasteiger charge is -2.46. The topological polar surface area (TPSA) is 20.2 Å². The average molecular weight is 220 g/mol. The van der Waals surface area contributed by atoms with Crippen molar-refractivity contribution in [2.75, 3.05) is 0 Å². The van der Waals surface area contributed by atoms with Crippen LogP contribution in [0, 0.1) is 33.5 Å². The molecule has 90 valence electrons. The molecule has 0 unspecified atom stereocenters.